The van der Waals surface area contributed by atoms with Crippen molar-refractivity contribution in [1.82, 2.24) is 0 Å². The van der Waals surface area contributed by atoms with E-state index in [-0.39, 0.29) is 18.5 Å². The van der Waals surface area contributed by atoms with Crippen molar-refractivity contribution in [2.24, 2.45) is 4.99 Å². The molecule has 0 bridgehead atoms. The molecular formula is C20H26NO3P. The van der Waals surface area contributed by atoms with Gasteiger partial charge in [-0.25, -0.2) is 0 Å². The summed E-state index contributed by atoms with van der Waals surface area (Å²) in [5.41, 5.74) is 2.71. The van der Waals surface area contributed by atoms with E-state index in [2.05, 4.69) is 4.99 Å². The van der Waals surface area contributed by atoms with Gasteiger partial charge in [0, 0.05) is 11.1 Å². The van der Waals surface area contributed by atoms with Crippen molar-refractivity contribution in [2.45, 2.75) is 39.9 Å². The van der Waals surface area contributed by atoms with Crippen molar-refractivity contribution < 1.29 is 13.6 Å². The molecule has 2 rings (SSSR count). The molecule has 0 atom stereocenters. The Kier molecular flexibility index (Phi) is 7.12. The van der Waals surface area contributed by atoms with Gasteiger partial charge >= 0.3 is 7.60 Å². The van der Waals surface area contributed by atoms with Crippen LogP contribution in [0.1, 0.15) is 38.8 Å². The highest BCUT2D eigenvalue weighted by Gasteiger charge is 2.27. The van der Waals surface area contributed by atoms with Crippen molar-refractivity contribution in [3.8, 4) is 0 Å². The molecule has 0 fully saturated rings. The molecule has 0 unspecified atom stereocenters. The minimum Gasteiger partial charge on any atom is -0.305 e. The van der Waals surface area contributed by atoms with E-state index in [1.807, 2.05) is 88.4 Å². The van der Waals surface area contributed by atoms with Gasteiger partial charge in [-0.05, 0) is 27.7 Å². The Morgan fingerprint density at radius 2 is 1.24 bits per heavy atom. The summed E-state index contributed by atoms with van der Waals surface area (Å²) in [7, 11) is -3.31. The second-order valence-corrected chi connectivity index (χ2v) is 8.23. The Hall–Kier alpha value is -1.74. The third-order valence-electron chi connectivity index (χ3n) is 3.24. The van der Waals surface area contributed by atoms with Crippen LogP contribution in [0.15, 0.2) is 65.7 Å². The van der Waals surface area contributed by atoms with Crippen molar-refractivity contribution in [3.05, 3.63) is 71.8 Å². The topological polar surface area (TPSA) is 47.9 Å². The van der Waals surface area contributed by atoms with Crippen LogP contribution in [0.5, 0.6) is 0 Å². The van der Waals surface area contributed by atoms with E-state index in [9.17, 15) is 4.57 Å². The Bertz CT molecular complexity index is 672. The lowest BCUT2D eigenvalue weighted by atomic mass is 10.0. The lowest BCUT2D eigenvalue weighted by Gasteiger charge is -2.21. The van der Waals surface area contributed by atoms with Gasteiger partial charge in [0.2, 0.25) is 0 Å². The maximum atomic E-state index is 13.0. The van der Waals surface area contributed by atoms with Crippen LogP contribution in [0.25, 0.3) is 0 Å². The van der Waals surface area contributed by atoms with Gasteiger partial charge in [-0.15, -0.1) is 0 Å². The highest BCUT2D eigenvalue weighted by Crippen LogP contribution is 2.50. The average Bonchev–Trinajstić information content (AvgIpc) is 2.55. The zero-order chi connectivity index (χ0) is 18.3. The van der Waals surface area contributed by atoms with E-state index >= 15 is 0 Å². The first-order chi connectivity index (χ1) is 11.9. The molecule has 25 heavy (non-hydrogen) atoms. The van der Waals surface area contributed by atoms with Crippen molar-refractivity contribution in [1.29, 1.82) is 0 Å². The third kappa shape index (κ3) is 6.24. The quantitative estimate of drug-likeness (QED) is 0.460. The standard InChI is InChI=1S/C20H26NO3P/c1-16(2)23-25(22,24-17(3)4)15-21-20(18-11-7-5-8-12-18)19-13-9-6-10-14-19/h5-14,16-17H,15H2,1-4H3. The van der Waals surface area contributed by atoms with Gasteiger partial charge in [0.25, 0.3) is 0 Å². The predicted octanol–water partition coefficient (Wildman–Crippen LogP) is 5.52. The van der Waals surface area contributed by atoms with E-state index in [0.29, 0.717) is 0 Å². The van der Waals surface area contributed by atoms with Gasteiger partial charge in [-0.2, -0.15) is 0 Å². The first kappa shape index (κ1) is 19.6. The van der Waals surface area contributed by atoms with Crippen LogP contribution in [0, 0.1) is 0 Å². The normalized spacial score (nSPS) is 11.8. The highest BCUT2D eigenvalue weighted by molar-refractivity contribution is 7.53. The Morgan fingerprint density at radius 3 is 1.60 bits per heavy atom. The summed E-state index contributed by atoms with van der Waals surface area (Å²) in [4.78, 5) is 4.65. The van der Waals surface area contributed by atoms with Crippen molar-refractivity contribution in [3.63, 3.8) is 0 Å². The Labute approximate surface area is 150 Å². The number of nitrogens with zero attached hydrogens (tertiary/aromatic N) is 1. The maximum absolute atomic E-state index is 13.0. The fraction of sp³-hybridized carbons (Fsp3) is 0.350. The molecule has 0 saturated carbocycles. The van der Waals surface area contributed by atoms with Crippen LogP contribution in [-0.2, 0) is 13.6 Å². The fourth-order valence-electron chi connectivity index (χ4n) is 2.43. The van der Waals surface area contributed by atoms with E-state index < -0.39 is 7.60 Å². The maximum Gasteiger partial charge on any atom is 0.352 e. The molecule has 0 aliphatic rings. The minimum absolute atomic E-state index is 0.0114. The molecule has 0 amide bonds. The summed E-state index contributed by atoms with van der Waals surface area (Å²) in [6.45, 7) is 7.37. The van der Waals surface area contributed by atoms with Crippen molar-refractivity contribution >= 4 is 13.3 Å². The number of benzene rings is 2. The molecule has 4 nitrogen and oxygen atoms in total. The van der Waals surface area contributed by atoms with Gasteiger partial charge in [-0.3, -0.25) is 9.56 Å². The molecule has 0 heterocycles. The van der Waals surface area contributed by atoms with E-state index in [0.717, 1.165) is 16.8 Å². The molecule has 0 aromatic heterocycles. The summed E-state index contributed by atoms with van der Waals surface area (Å²) in [6.07, 6.45) is -0.406. The monoisotopic (exact) mass is 359 g/mol. The molecular weight excluding hydrogens is 333 g/mol. The number of rotatable bonds is 8. The second kappa shape index (κ2) is 9.10. The predicted molar refractivity (Wildman–Crippen MR) is 103 cm³/mol. The first-order valence-corrected chi connectivity index (χ1v) is 10.2. The highest BCUT2D eigenvalue weighted by atomic mass is 31.2. The lowest BCUT2D eigenvalue weighted by molar-refractivity contribution is 0.143. The number of hydrogen-bond donors (Lipinski definition) is 0. The molecule has 5 heteroatoms. The minimum atomic E-state index is -3.31. The van der Waals surface area contributed by atoms with Crippen LogP contribution >= 0.6 is 7.60 Å². The molecule has 0 radical (unpaired) electrons. The third-order valence-corrected chi connectivity index (χ3v) is 5.21. The summed E-state index contributed by atoms with van der Waals surface area (Å²) >= 11 is 0. The molecule has 0 N–H and O–H groups in total. The van der Waals surface area contributed by atoms with E-state index in [4.69, 9.17) is 9.05 Å². The van der Waals surface area contributed by atoms with E-state index in [1.54, 1.807) is 0 Å². The summed E-state index contributed by atoms with van der Waals surface area (Å²) in [6, 6.07) is 19.7. The largest absolute Gasteiger partial charge is 0.352 e. The second-order valence-electron chi connectivity index (χ2n) is 6.30. The zero-order valence-corrected chi connectivity index (χ0v) is 16.1. The molecule has 0 aliphatic carbocycles. The number of aliphatic imine (C=N–C) groups is 1. The van der Waals surface area contributed by atoms with Gasteiger partial charge in [0.1, 0.15) is 6.29 Å². The van der Waals surface area contributed by atoms with Crippen molar-refractivity contribution in [2.75, 3.05) is 6.29 Å². The molecule has 134 valence electrons. The fourth-order valence-corrected chi connectivity index (χ4v) is 4.21. The average molecular weight is 359 g/mol. The number of hydrogen-bond acceptors (Lipinski definition) is 4. The Balaban J connectivity index is 2.38. The first-order valence-electron chi connectivity index (χ1n) is 8.51. The molecule has 0 aliphatic heterocycles. The van der Waals surface area contributed by atoms with Gasteiger partial charge in [0.05, 0.1) is 17.9 Å². The van der Waals surface area contributed by atoms with E-state index in [1.165, 1.54) is 0 Å². The van der Waals surface area contributed by atoms with Gasteiger partial charge in [-0.1, -0.05) is 60.7 Å². The lowest BCUT2D eigenvalue weighted by Crippen LogP contribution is -2.11. The van der Waals surface area contributed by atoms with Crippen LogP contribution in [0.4, 0.5) is 0 Å². The van der Waals surface area contributed by atoms with Gasteiger partial charge in [0.15, 0.2) is 0 Å². The summed E-state index contributed by atoms with van der Waals surface area (Å²) < 4.78 is 24.2. The molecule has 2 aromatic rings. The van der Waals surface area contributed by atoms with Crippen LogP contribution in [0.3, 0.4) is 0 Å². The Morgan fingerprint density at radius 1 is 0.840 bits per heavy atom. The summed E-state index contributed by atoms with van der Waals surface area (Å²) in [5.74, 6) is 0. The molecule has 2 aromatic carbocycles. The summed E-state index contributed by atoms with van der Waals surface area (Å²) in [5, 5.41) is 0. The van der Waals surface area contributed by atoms with Crippen LogP contribution in [-0.4, -0.2) is 24.2 Å². The molecule has 0 spiro atoms. The van der Waals surface area contributed by atoms with Gasteiger partial charge < -0.3 is 9.05 Å². The zero-order valence-electron chi connectivity index (χ0n) is 15.3. The van der Waals surface area contributed by atoms with Crippen LogP contribution in [0.2, 0.25) is 0 Å². The molecule has 0 saturated heterocycles. The smallest absolute Gasteiger partial charge is 0.305 e. The van der Waals surface area contributed by atoms with Crippen LogP contribution < -0.4 is 0 Å². The SMILES string of the molecule is CC(C)OP(=O)(CN=C(c1ccccc1)c1ccccc1)OC(C)C.